The fourth-order valence-electron chi connectivity index (χ4n) is 4.77. The first-order valence-electron chi connectivity index (χ1n) is 12.6. The van der Waals surface area contributed by atoms with E-state index in [4.69, 9.17) is 9.72 Å². The fourth-order valence-corrected chi connectivity index (χ4v) is 7.34. The lowest BCUT2D eigenvalue weighted by Crippen LogP contribution is -2.46. The third-order valence-electron chi connectivity index (χ3n) is 7.10. The largest absolute Gasteiger partial charge is 0.497 e. The van der Waals surface area contributed by atoms with E-state index in [9.17, 15) is 13.2 Å². The number of ether oxygens (including phenoxy) is 1. The smallest absolute Gasteiger partial charge is 0.243 e. The van der Waals surface area contributed by atoms with Crippen LogP contribution in [0.15, 0.2) is 71.6 Å². The van der Waals surface area contributed by atoms with Crippen LogP contribution in [0, 0.1) is 19.8 Å². The van der Waals surface area contributed by atoms with Crippen molar-refractivity contribution in [2.75, 3.05) is 25.1 Å². The van der Waals surface area contributed by atoms with Crippen molar-refractivity contribution in [3.05, 3.63) is 83.4 Å². The minimum Gasteiger partial charge on any atom is -0.497 e. The molecule has 1 amide bonds. The highest BCUT2D eigenvalue weighted by Crippen LogP contribution is 2.34. The third-order valence-corrected chi connectivity index (χ3v) is 10.0. The summed E-state index contributed by atoms with van der Waals surface area (Å²) in [5.74, 6) is 0.0281. The molecular formula is C29H31N3O4S2. The number of hydrogen-bond acceptors (Lipinski definition) is 6. The van der Waals surface area contributed by atoms with Crippen molar-refractivity contribution in [2.45, 2.75) is 38.1 Å². The van der Waals surface area contributed by atoms with Gasteiger partial charge in [0.15, 0.2) is 5.13 Å². The van der Waals surface area contributed by atoms with Crippen molar-refractivity contribution >= 4 is 42.6 Å². The Bertz CT molecular complexity index is 1510. The zero-order valence-corrected chi connectivity index (χ0v) is 23.4. The van der Waals surface area contributed by atoms with Crippen LogP contribution in [0.5, 0.6) is 5.75 Å². The van der Waals surface area contributed by atoms with Crippen LogP contribution in [0.2, 0.25) is 0 Å². The van der Waals surface area contributed by atoms with E-state index in [1.165, 1.54) is 21.2 Å². The number of carbonyl (C=O) groups excluding carboxylic acids is 1. The van der Waals surface area contributed by atoms with Gasteiger partial charge in [-0.15, -0.1) is 0 Å². The summed E-state index contributed by atoms with van der Waals surface area (Å²) in [7, 11) is -2.20. The Balaban J connectivity index is 1.44. The van der Waals surface area contributed by atoms with E-state index in [1.54, 1.807) is 36.3 Å². The second-order valence-electron chi connectivity index (χ2n) is 9.69. The second kappa shape index (κ2) is 10.8. The first kappa shape index (κ1) is 26.3. The number of piperidine rings is 1. The number of benzene rings is 3. The van der Waals surface area contributed by atoms with Crippen molar-refractivity contribution < 1.29 is 17.9 Å². The predicted molar refractivity (Wildman–Crippen MR) is 151 cm³/mol. The number of amides is 1. The number of fused-ring (bicyclic) bond motifs is 1. The van der Waals surface area contributed by atoms with Gasteiger partial charge < -0.3 is 4.74 Å². The van der Waals surface area contributed by atoms with E-state index in [2.05, 4.69) is 26.0 Å². The van der Waals surface area contributed by atoms with Crippen molar-refractivity contribution in [1.29, 1.82) is 0 Å². The van der Waals surface area contributed by atoms with Crippen LogP contribution in [-0.2, 0) is 21.4 Å². The van der Waals surface area contributed by atoms with Gasteiger partial charge in [-0.05, 0) is 79.8 Å². The lowest BCUT2D eigenvalue weighted by Gasteiger charge is -2.33. The van der Waals surface area contributed by atoms with Crippen molar-refractivity contribution in [2.24, 2.45) is 5.92 Å². The molecule has 0 aliphatic carbocycles. The Kier molecular flexibility index (Phi) is 7.52. The monoisotopic (exact) mass is 549 g/mol. The van der Waals surface area contributed by atoms with E-state index < -0.39 is 15.9 Å². The number of carbonyl (C=O) groups is 1. The summed E-state index contributed by atoms with van der Waals surface area (Å²) >= 11 is 1.50. The quantitative estimate of drug-likeness (QED) is 0.302. The minimum atomic E-state index is -3.74. The molecule has 0 radical (unpaired) electrons. The second-order valence-corrected chi connectivity index (χ2v) is 12.6. The summed E-state index contributed by atoms with van der Waals surface area (Å²) in [6.07, 6.45) is 1.24. The molecule has 3 aromatic carbocycles. The van der Waals surface area contributed by atoms with Gasteiger partial charge in [-0.25, -0.2) is 13.4 Å². The van der Waals surface area contributed by atoms with Gasteiger partial charge >= 0.3 is 0 Å². The van der Waals surface area contributed by atoms with E-state index >= 15 is 0 Å². The van der Waals surface area contributed by atoms with E-state index in [1.807, 2.05) is 30.3 Å². The van der Waals surface area contributed by atoms with Crippen LogP contribution >= 0.6 is 11.3 Å². The number of thiazole rings is 1. The van der Waals surface area contributed by atoms with Crippen LogP contribution < -0.4 is 9.64 Å². The van der Waals surface area contributed by atoms with Gasteiger partial charge in [0.25, 0.3) is 0 Å². The Morgan fingerprint density at radius 1 is 1.08 bits per heavy atom. The summed E-state index contributed by atoms with van der Waals surface area (Å²) in [5.41, 5.74) is 4.19. The van der Waals surface area contributed by atoms with E-state index in [0.29, 0.717) is 36.8 Å². The molecule has 1 aromatic heterocycles. The number of sulfonamides is 1. The molecule has 1 atom stereocenters. The standard InChI is InChI=1S/C29H31N3O4S2/c1-20-16-26-27(17-21(20)2)37-29(30-26)32(18-22-8-5-4-6-9-22)28(33)23-10-7-15-31(19-23)38(34,35)25-13-11-24(36-3)12-14-25/h4-6,8-9,11-14,16-17,23H,7,10,15,18-19H2,1-3H3. The van der Waals surface area contributed by atoms with Gasteiger partial charge in [-0.1, -0.05) is 41.7 Å². The molecule has 4 aromatic rings. The van der Waals surface area contributed by atoms with Crippen LogP contribution in [0.3, 0.4) is 0 Å². The zero-order valence-electron chi connectivity index (χ0n) is 21.8. The highest BCUT2D eigenvalue weighted by molar-refractivity contribution is 7.89. The van der Waals surface area contributed by atoms with Crippen LogP contribution in [0.1, 0.15) is 29.5 Å². The fraction of sp³-hybridized carbons (Fsp3) is 0.310. The Labute approximate surface area is 227 Å². The first-order valence-corrected chi connectivity index (χ1v) is 14.9. The zero-order chi connectivity index (χ0) is 26.9. The van der Waals surface area contributed by atoms with Crippen molar-refractivity contribution in [1.82, 2.24) is 9.29 Å². The number of methoxy groups -OCH3 is 1. The molecule has 9 heteroatoms. The lowest BCUT2D eigenvalue weighted by molar-refractivity contribution is -0.123. The summed E-state index contributed by atoms with van der Waals surface area (Å²) in [5, 5.41) is 0.633. The SMILES string of the molecule is COc1ccc(S(=O)(=O)N2CCCC(C(=O)N(Cc3ccccc3)c3nc4cc(C)c(C)cc4s3)C2)cc1. The van der Waals surface area contributed by atoms with Gasteiger partial charge in [-0.2, -0.15) is 4.31 Å². The molecule has 38 heavy (non-hydrogen) atoms. The van der Waals surface area contributed by atoms with Gasteiger partial charge in [0.05, 0.1) is 34.7 Å². The molecule has 1 saturated heterocycles. The van der Waals surface area contributed by atoms with Crippen molar-refractivity contribution in [3.8, 4) is 5.75 Å². The minimum absolute atomic E-state index is 0.101. The molecule has 0 N–H and O–H groups in total. The maximum Gasteiger partial charge on any atom is 0.243 e. The molecule has 0 spiro atoms. The molecular weight excluding hydrogens is 518 g/mol. The van der Waals surface area contributed by atoms with Crippen LogP contribution in [0.25, 0.3) is 10.2 Å². The Hall–Kier alpha value is -3.27. The lowest BCUT2D eigenvalue weighted by atomic mass is 9.98. The summed E-state index contributed by atoms with van der Waals surface area (Å²) in [4.78, 5) is 20.8. The van der Waals surface area contributed by atoms with E-state index in [0.717, 1.165) is 21.3 Å². The summed E-state index contributed by atoms with van der Waals surface area (Å²) in [6.45, 7) is 5.03. The molecule has 1 fully saturated rings. The number of nitrogens with zero attached hydrogens (tertiary/aromatic N) is 3. The highest BCUT2D eigenvalue weighted by atomic mass is 32.2. The molecule has 1 unspecified atom stereocenters. The maximum absolute atomic E-state index is 14.1. The molecule has 0 bridgehead atoms. The Morgan fingerprint density at radius 3 is 2.50 bits per heavy atom. The summed E-state index contributed by atoms with van der Waals surface area (Å²) < 4.78 is 34.5. The molecule has 7 nitrogen and oxygen atoms in total. The van der Waals surface area contributed by atoms with Gasteiger partial charge in [-0.3, -0.25) is 9.69 Å². The number of rotatable bonds is 7. The topological polar surface area (TPSA) is 79.8 Å². The normalized spacial score (nSPS) is 16.4. The van der Waals surface area contributed by atoms with Crippen LogP contribution in [0.4, 0.5) is 5.13 Å². The molecule has 1 aliphatic rings. The third kappa shape index (κ3) is 5.32. The number of aryl methyl sites for hydroxylation is 2. The number of anilines is 1. The van der Waals surface area contributed by atoms with Gasteiger partial charge in [0.1, 0.15) is 5.75 Å². The molecule has 1 aliphatic heterocycles. The molecule has 2 heterocycles. The van der Waals surface area contributed by atoms with Gasteiger partial charge in [0.2, 0.25) is 15.9 Å². The average molecular weight is 550 g/mol. The highest BCUT2D eigenvalue weighted by Gasteiger charge is 2.36. The van der Waals surface area contributed by atoms with Gasteiger partial charge in [0, 0.05) is 13.1 Å². The van der Waals surface area contributed by atoms with Crippen LogP contribution in [-0.4, -0.2) is 43.8 Å². The van der Waals surface area contributed by atoms with E-state index in [-0.39, 0.29) is 17.3 Å². The number of hydrogen-bond donors (Lipinski definition) is 0. The Morgan fingerprint density at radius 2 is 1.79 bits per heavy atom. The summed E-state index contributed by atoms with van der Waals surface area (Å²) in [6, 6.07) is 20.4. The molecule has 198 valence electrons. The predicted octanol–water partition coefficient (Wildman–Crippen LogP) is 5.56. The van der Waals surface area contributed by atoms with Crippen molar-refractivity contribution in [3.63, 3.8) is 0 Å². The molecule has 0 saturated carbocycles. The number of aromatic nitrogens is 1. The first-order chi connectivity index (χ1) is 18.3. The average Bonchev–Trinajstić information content (AvgIpc) is 3.34. The molecule has 5 rings (SSSR count). The maximum atomic E-state index is 14.1.